The summed E-state index contributed by atoms with van der Waals surface area (Å²) in [7, 11) is 0. The maximum atomic E-state index is 9.82. The van der Waals surface area contributed by atoms with Crippen LogP contribution >= 0.6 is 23.4 Å². The molecule has 0 aliphatic carbocycles. The molecule has 0 spiro atoms. The number of thioether (sulfide) groups is 1. The Labute approximate surface area is 113 Å². The molecule has 2 nitrogen and oxygen atoms in total. The largest absolute Gasteiger partial charge is 0.391 e. The Kier molecular flexibility index (Phi) is 5.80. The molecule has 0 aliphatic heterocycles. The van der Waals surface area contributed by atoms with Crippen molar-refractivity contribution >= 4 is 23.4 Å². The standard InChI is InChI=1S/C13H20ClNOS/c1-13(2,3)15-8-11(16)9-17-12-6-4-10(14)5-7-12/h4-7,11,15-16H,8-9H2,1-3H3. The maximum absolute atomic E-state index is 9.82. The smallest absolute Gasteiger partial charge is 0.0758 e. The van der Waals surface area contributed by atoms with Crippen LogP contribution in [0.3, 0.4) is 0 Å². The molecule has 4 heteroatoms. The zero-order chi connectivity index (χ0) is 12.9. The fourth-order valence-corrected chi connectivity index (χ4v) is 2.16. The molecular weight excluding hydrogens is 254 g/mol. The monoisotopic (exact) mass is 273 g/mol. The minimum absolute atomic E-state index is 0.0475. The van der Waals surface area contributed by atoms with Gasteiger partial charge >= 0.3 is 0 Å². The van der Waals surface area contributed by atoms with Gasteiger partial charge in [0.05, 0.1) is 6.10 Å². The van der Waals surface area contributed by atoms with Crippen LogP contribution < -0.4 is 5.32 Å². The Morgan fingerprint density at radius 3 is 2.41 bits per heavy atom. The van der Waals surface area contributed by atoms with Crippen molar-refractivity contribution in [2.24, 2.45) is 0 Å². The first-order chi connectivity index (χ1) is 7.87. The highest BCUT2D eigenvalue weighted by molar-refractivity contribution is 7.99. The van der Waals surface area contributed by atoms with E-state index in [1.54, 1.807) is 11.8 Å². The van der Waals surface area contributed by atoms with Crippen LogP contribution in [0.5, 0.6) is 0 Å². The van der Waals surface area contributed by atoms with Gasteiger partial charge in [-0.25, -0.2) is 0 Å². The summed E-state index contributed by atoms with van der Waals surface area (Å²) in [5, 5.41) is 13.8. The first-order valence-corrected chi connectivity index (χ1v) is 7.04. The van der Waals surface area contributed by atoms with Gasteiger partial charge in [-0.3, -0.25) is 0 Å². The van der Waals surface area contributed by atoms with Gasteiger partial charge in [0.2, 0.25) is 0 Å². The highest BCUT2D eigenvalue weighted by Gasteiger charge is 2.12. The van der Waals surface area contributed by atoms with Crippen molar-refractivity contribution in [1.29, 1.82) is 0 Å². The van der Waals surface area contributed by atoms with Crippen LogP contribution in [0, 0.1) is 0 Å². The van der Waals surface area contributed by atoms with Crippen molar-refractivity contribution in [3.63, 3.8) is 0 Å². The number of halogens is 1. The van der Waals surface area contributed by atoms with Crippen molar-refractivity contribution in [3.05, 3.63) is 29.3 Å². The van der Waals surface area contributed by atoms with Gasteiger partial charge in [0.25, 0.3) is 0 Å². The Bertz CT molecular complexity index is 334. The van der Waals surface area contributed by atoms with Crippen LogP contribution in [0.2, 0.25) is 5.02 Å². The number of rotatable bonds is 5. The van der Waals surface area contributed by atoms with Gasteiger partial charge in [0.1, 0.15) is 0 Å². The highest BCUT2D eigenvalue weighted by Crippen LogP contribution is 2.20. The average molecular weight is 274 g/mol. The molecule has 2 N–H and O–H groups in total. The lowest BCUT2D eigenvalue weighted by Crippen LogP contribution is -2.41. The Morgan fingerprint density at radius 2 is 1.88 bits per heavy atom. The second kappa shape index (κ2) is 6.64. The van der Waals surface area contributed by atoms with Gasteiger partial charge in [-0.05, 0) is 45.0 Å². The van der Waals surface area contributed by atoms with Gasteiger partial charge in [-0.15, -0.1) is 11.8 Å². The molecule has 0 radical (unpaired) electrons. The first kappa shape index (κ1) is 14.8. The minimum atomic E-state index is -0.338. The van der Waals surface area contributed by atoms with Gasteiger partial charge < -0.3 is 10.4 Å². The topological polar surface area (TPSA) is 32.3 Å². The van der Waals surface area contributed by atoms with E-state index in [9.17, 15) is 5.11 Å². The molecule has 0 aliphatic rings. The number of hydrogen-bond donors (Lipinski definition) is 2. The number of benzene rings is 1. The molecule has 1 atom stereocenters. The van der Waals surface area contributed by atoms with Gasteiger partial charge in [-0.1, -0.05) is 11.6 Å². The number of aliphatic hydroxyl groups excluding tert-OH is 1. The van der Waals surface area contributed by atoms with Crippen LogP contribution in [-0.4, -0.2) is 29.0 Å². The Hall–Kier alpha value is -0.220. The lowest BCUT2D eigenvalue weighted by Gasteiger charge is -2.22. The van der Waals surface area contributed by atoms with Crippen LogP contribution in [-0.2, 0) is 0 Å². The van der Waals surface area contributed by atoms with E-state index < -0.39 is 0 Å². The summed E-state index contributed by atoms with van der Waals surface area (Å²) in [6, 6.07) is 7.67. The predicted molar refractivity (Wildman–Crippen MR) is 75.9 cm³/mol. The van der Waals surface area contributed by atoms with Crippen molar-refractivity contribution < 1.29 is 5.11 Å². The SMILES string of the molecule is CC(C)(C)NCC(O)CSc1ccc(Cl)cc1. The fraction of sp³-hybridized carbons (Fsp3) is 0.538. The highest BCUT2D eigenvalue weighted by atomic mass is 35.5. The predicted octanol–water partition coefficient (Wildman–Crippen LogP) is 3.18. The van der Waals surface area contributed by atoms with Crippen molar-refractivity contribution in [3.8, 4) is 0 Å². The lowest BCUT2D eigenvalue weighted by molar-refractivity contribution is 0.183. The van der Waals surface area contributed by atoms with Crippen LogP contribution in [0.1, 0.15) is 20.8 Å². The summed E-state index contributed by atoms with van der Waals surface area (Å²) in [6.45, 7) is 6.88. The van der Waals surface area contributed by atoms with E-state index in [0.29, 0.717) is 12.3 Å². The van der Waals surface area contributed by atoms with Crippen molar-refractivity contribution in [2.45, 2.75) is 37.3 Å². The third-order valence-electron chi connectivity index (χ3n) is 2.12. The van der Waals surface area contributed by atoms with E-state index >= 15 is 0 Å². The second-order valence-corrected chi connectivity index (χ2v) is 6.58. The molecule has 0 amide bonds. The molecule has 1 rings (SSSR count). The lowest BCUT2D eigenvalue weighted by atomic mass is 10.1. The maximum Gasteiger partial charge on any atom is 0.0758 e. The summed E-state index contributed by atoms with van der Waals surface area (Å²) in [5.41, 5.74) is 0.0475. The molecule has 17 heavy (non-hydrogen) atoms. The van der Waals surface area contributed by atoms with E-state index in [-0.39, 0.29) is 11.6 Å². The first-order valence-electron chi connectivity index (χ1n) is 5.68. The molecule has 0 bridgehead atoms. The van der Waals surface area contributed by atoms with Crippen LogP contribution in [0.15, 0.2) is 29.2 Å². The van der Waals surface area contributed by atoms with Crippen LogP contribution in [0.25, 0.3) is 0 Å². The summed E-state index contributed by atoms with van der Waals surface area (Å²) in [5.74, 6) is 0.685. The molecule has 1 aromatic rings. The molecule has 1 unspecified atom stereocenters. The fourth-order valence-electron chi connectivity index (χ4n) is 1.21. The minimum Gasteiger partial charge on any atom is -0.391 e. The third kappa shape index (κ3) is 6.94. The zero-order valence-corrected chi connectivity index (χ0v) is 12.1. The summed E-state index contributed by atoms with van der Waals surface area (Å²) < 4.78 is 0. The summed E-state index contributed by atoms with van der Waals surface area (Å²) >= 11 is 7.44. The van der Waals surface area contributed by atoms with Gasteiger partial charge in [-0.2, -0.15) is 0 Å². The number of hydrogen-bond acceptors (Lipinski definition) is 3. The molecule has 0 heterocycles. The zero-order valence-electron chi connectivity index (χ0n) is 10.5. The molecule has 0 saturated carbocycles. The number of aliphatic hydroxyl groups is 1. The Balaban J connectivity index is 2.28. The Morgan fingerprint density at radius 1 is 1.29 bits per heavy atom. The second-order valence-electron chi connectivity index (χ2n) is 5.05. The summed E-state index contributed by atoms with van der Waals surface area (Å²) in [6.07, 6.45) is -0.338. The van der Waals surface area contributed by atoms with E-state index in [2.05, 4.69) is 26.1 Å². The van der Waals surface area contributed by atoms with Crippen molar-refractivity contribution in [1.82, 2.24) is 5.32 Å². The van der Waals surface area contributed by atoms with E-state index in [1.807, 2.05) is 24.3 Å². The van der Waals surface area contributed by atoms with Gasteiger partial charge in [0, 0.05) is 27.8 Å². The molecule has 0 aromatic heterocycles. The molecule has 1 aromatic carbocycles. The quantitative estimate of drug-likeness (QED) is 0.809. The number of nitrogens with one attached hydrogen (secondary N) is 1. The van der Waals surface area contributed by atoms with Crippen LogP contribution in [0.4, 0.5) is 0 Å². The molecular formula is C13H20ClNOS. The normalized spacial score (nSPS) is 13.7. The van der Waals surface area contributed by atoms with Gasteiger partial charge in [0.15, 0.2) is 0 Å². The molecule has 96 valence electrons. The van der Waals surface area contributed by atoms with Crippen molar-refractivity contribution in [2.75, 3.05) is 12.3 Å². The number of β-amino-alcohol motifs (C(OH)–C–C–N with tert-alkyl or cyclic N) is 1. The molecule has 0 saturated heterocycles. The summed E-state index contributed by atoms with van der Waals surface area (Å²) in [4.78, 5) is 1.13. The van der Waals surface area contributed by atoms with E-state index in [1.165, 1.54) is 0 Å². The third-order valence-corrected chi connectivity index (χ3v) is 3.53. The average Bonchev–Trinajstić information content (AvgIpc) is 2.25. The van der Waals surface area contributed by atoms with E-state index in [4.69, 9.17) is 11.6 Å². The van der Waals surface area contributed by atoms with E-state index in [0.717, 1.165) is 9.92 Å². The molecule has 0 fully saturated rings.